The molecule has 0 bridgehead atoms. The number of hydrogen-bond acceptors (Lipinski definition) is 2. The Hall–Kier alpha value is -1.51. The van der Waals surface area contributed by atoms with Gasteiger partial charge in [0.2, 0.25) is 0 Å². The molecule has 0 amide bonds. The van der Waals surface area contributed by atoms with Gasteiger partial charge in [0.1, 0.15) is 11.5 Å². The third-order valence-corrected chi connectivity index (χ3v) is 3.52. The Bertz CT molecular complexity index is 581. The molecule has 2 aromatic rings. The number of nitrogens with two attached hydrogens (primary N) is 1. The van der Waals surface area contributed by atoms with Gasteiger partial charge in [-0.1, -0.05) is 17.7 Å². The van der Waals surface area contributed by atoms with Crippen LogP contribution in [0.15, 0.2) is 36.4 Å². The molecule has 100 valence electrons. The molecule has 2 aromatic carbocycles. The van der Waals surface area contributed by atoms with Crippen LogP contribution in [-0.2, 0) is 6.42 Å². The van der Waals surface area contributed by atoms with Crippen LogP contribution >= 0.6 is 11.6 Å². The van der Waals surface area contributed by atoms with Gasteiger partial charge in [0.25, 0.3) is 0 Å². The molecule has 0 atom stereocenters. The molecule has 0 aromatic heterocycles. The summed E-state index contributed by atoms with van der Waals surface area (Å²) in [6, 6.07) is 11.7. The highest BCUT2D eigenvalue weighted by Crippen LogP contribution is 2.27. The second kappa shape index (κ2) is 6.09. The maximum atomic E-state index is 6.00. The van der Waals surface area contributed by atoms with E-state index in [0.29, 0.717) is 6.54 Å². The SMILES string of the molecule is Cc1cc(Oc2ccc(CCN)c(C)c2)ccc1Cl. The van der Waals surface area contributed by atoms with Crippen molar-refractivity contribution in [2.24, 2.45) is 5.73 Å². The van der Waals surface area contributed by atoms with Crippen molar-refractivity contribution in [3.05, 3.63) is 58.1 Å². The standard InChI is InChI=1S/C16H18ClNO/c1-11-9-14(4-3-13(11)7-8-18)19-15-5-6-16(17)12(2)10-15/h3-6,9-10H,7-8,18H2,1-2H3. The Balaban J connectivity index is 2.19. The number of benzene rings is 2. The summed E-state index contributed by atoms with van der Waals surface area (Å²) >= 11 is 6.00. The minimum atomic E-state index is 0.664. The van der Waals surface area contributed by atoms with E-state index in [1.165, 1.54) is 11.1 Å². The maximum absolute atomic E-state index is 6.00. The van der Waals surface area contributed by atoms with Crippen molar-refractivity contribution in [1.29, 1.82) is 0 Å². The van der Waals surface area contributed by atoms with Gasteiger partial charge in [0, 0.05) is 5.02 Å². The van der Waals surface area contributed by atoms with Crippen molar-refractivity contribution in [1.82, 2.24) is 0 Å². The molecular weight excluding hydrogens is 258 g/mol. The van der Waals surface area contributed by atoms with E-state index >= 15 is 0 Å². The monoisotopic (exact) mass is 275 g/mol. The van der Waals surface area contributed by atoms with Crippen LogP contribution in [0.5, 0.6) is 11.5 Å². The van der Waals surface area contributed by atoms with E-state index in [2.05, 4.69) is 13.0 Å². The van der Waals surface area contributed by atoms with E-state index in [9.17, 15) is 0 Å². The fraction of sp³-hybridized carbons (Fsp3) is 0.250. The fourth-order valence-electron chi connectivity index (χ4n) is 1.98. The summed E-state index contributed by atoms with van der Waals surface area (Å²) < 4.78 is 5.84. The van der Waals surface area contributed by atoms with Crippen molar-refractivity contribution >= 4 is 11.6 Å². The first-order valence-electron chi connectivity index (χ1n) is 6.34. The van der Waals surface area contributed by atoms with Gasteiger partial charge in [0.15, 0.2) is 0 Å². The number of hydrogen-bond donors (Lipinski definition) is 1. The molecule has 3 heteroatoms. The zero-order chi connectivity index (χ0) is 13.8. The molecule has 0 saturated heterocycles. The normalized spacial score (nSPS) is 10.5. The number of ether oxygens (including phenoxy) is 1. The van der Waals surface area contributed by atoms with Crippen LogP contribution < -0.4 is 10.5 Å². The van der Waals surface area contributed by atoms with Crippen molar-refractivity contribution in [3.63, 3.8) is 0 Å². The average molecular weight is 276 g/mol. The van der Waals surface area contributed by atoms with Crippen LogP contribution in [0.1, 0.15) is 16.7 Å². The van der Waals surface area contributed by atoms with Crippen LogP contribution in [0.2, 0.25) is 5.02 Å². The van der Waals surface area contributed by atoms with E-state index in [-0.39, 0.29) is 0 Å². The van der Waals surface area contributed by atoms with Gasteiger partial charge >= 0.3 is 0 Å². The van der Waals surface area contributed by atoms with E-state index in [0.717, 1.165) is 28.5 Å². The maximum Gasteiger partial charge on any atom is 0.127 e. The molecule has 0 unspecified atom stereocenters. The van der Waals surface area contributed by atoms with Gasteiger partial charge in [-0.3, -0.25) is 0 Å². The van der Waals surface area contributed by atoms with Gasteiger partial charge in [-0.05, 0) is 73.8 Å². The summed E-state index contributed by atoms with van der Waals surface area (Å²) in [5, 5.41) is 0.752. The van der Waals surface area contributed by atoms with Crippen molar-refractivity contribution in [2.75, 3.05) is 6.54 Å². The third kappa shape index (κ3) is 3.49. The third-order valence-electron chi connectivity index (χ3n) is 3.09. The molecule has 2 nitrogen and oxygen atoms in total. The summed E-state index contributed by atoms with van der Waals surface area (Å²) in [4.78, 5) is 0. The highest BCUT2D eigenvalue weighted by atomic mass is 35.5. The Morgan fingerprint density at radius 3 is 2.21 bits per heavy atom. The smallest absolute Gasteiger partial charge is 0.127 e. The fourth-order valence-corrected chi connectivity index (χ4v) is 2.10. The predicted octanol–water partition coefficient (Wildman–Crippen LogP) is 4.25. The largest absolute Gasteiger partial charge is 0.457 e. The molecular formula is C16H18ClNO. The molecule has 0 heterocycles. The Labute approximate surface area is 119 Å². The second-order valence-electron chi connectivity index (χ2n) is 4.64. The molecule has 0 aliphatic rings. The first-order chi connectivity index (χ1) is 9.10. The molecule has 0 saturated carbocycles. The number of halogens is 1. The number of aryl methyl sites for hydroxylation is 2. The predicted molar refractivity (Wildman–Crippen MR) is 80.2 cm³/mol. The van der Waals surface area contributed by atoms with E-state index in [4.69, 9.17) is 22.1 Å². The first kappa shape index (κ1) is 13.9. The highest BCUT2D eigenvalue weighted by molar-refractivity contribution is 6.31. The lowest BCUT2D eigenvalue weighted by Crippen LogP contribution is -2.04. The molecule has 0 radical (unpaired) electrons. The zero-order valence-corrected chi connectivity index (χ0v) is 12.0. The van der Waals surface area contributed by atoms with Crippen molar-refractivity contribution < 1.29 is 4.74 Å². The van der Waals surface area contributed by atoms with Crippen molar-refractivity contribution in [2.45, 2.75) is 20.3 Å². The summed E-state index contributed by atoms with van der Waals surface area (Å²) in [5.74, 6) is 1.63. The Kier molecular flexibility index (Phi) is 4.46. The van der Waals surface area contributed by atoms with Crippen LogP contribution in [0, 0.1) is 13.8 Å². The van der Waals surface area contributed by atoms with Gasteiger partial charge in [-0.15, -0.1) is 0 Å². The average Bonchev–Trinajstić information content (AvgIpc) is 2.37. The van der Waals surface area contributed by atoms with Crippen LogP contribution in [0.25, 0.3) is 0 Å². The van der Waals surface area contributed by atoms with Gasteiger partial charge in [-0.2, -0.15) is 0 Å². The molecule has 0 aliphatic carbocycles. The van der Waals surface area contributed by atoms with Crippen LogP contribution in [0.3, 0.4) is 0 Å². The zero-order valence-electron chi connectivity index (χ0n) is 11.2. The van der Waals surface area contributed by atoms with E-state index in [1.54, 1.807) is 0 Å². The second-order valence-corrected chi connectivity index (χ2v) is 5.05. The minimum Gasteiger partial charge on any atom is -0.457 e. The minimum absolute atomic E-state index is 0.664. The molecule has 0 fully saturated rings. The lowest BCUT2D eigenvalue weighted by Gasteiger charge is -2.10. The molecule has 2 N–H and O–H groups in total. The number of rotatable bonds is 4. The summed E-state index contributed by atoms with van der Waals surface area (Å²) in [6.07, 6.45) is 0.895. The lowest BCUT2D eigenvalue weighted by molar-refractivity contribution is 0.481. The molecule has 0 spiro atoms. The first-order valence-corrected chi connectivity index (χ1v) is 6.71. The van der Waals surface area contributed by atoms with Gasteiger partial charge in [0.05, 0.1) is 0 Å². The lowest BCUT2D eigenvalue weighted by atomic mass is 10.1. The van der Waals surface area contributed by atoms with Crippen molar-refractivity contribution in [3.8, 4) is 11.5 Å². The van der Waals surface area contributed by atoms with Gasteiger partial charge in [-0.25, -0.2) is 0 Å². The Morgan fingerprint density at radius 2 is 1.63 bits per heavy atom. The Morgan fingerprint density at radius 1 is 1.00 bits per heavy atom. The quantitative estimate of drug-likeness (QED) is 0.905. The summed E-state index contributed by atoms with van der Waals surface area (Å²) in [7, 11) is 0. The summed E-state index contributed by atoms with van der Waals surface area (Å²) in [5.41, 5.74) is 9.06. The van der Waals surface area contributed by atoms with E-state index in [1.807, 2.05) is 37.3 Å². The van der Waals surface area contributed by atoms with Gasteiger partial charge < -0.3 is 10.5 Å². The van der Waals surface area contributed by atoms with Crippen LogP contribution in [-0.4, -0.2) is 6.54 Å². The summed E-state index contributed by atoms with van der Waals surface area (Å²) in [6.45, 7) is 4.70. The van der Waals surface area contributed by atoms with E-state index < -0.39 is 0 Å². The molecule has 2 rings (SSSR count). The molecule has 0 aliphatic heterocycles. The van der Waals surface area contributed by atoms with Crippen LogP contribution in [0.4, 0.5) is 0 Å². The molecule has 19 heavy (non-hydrogen) atoms. The highest BCUT2D eigenvalue weighted by Gasteiger charge is 2.03. The topological polar surface area (TPSA) is 35.2 Å².